The van der Waals surface area contributed by atoms with Crippen LogP contribution in [0.25, 0.3) is 0 Å². The molecule has 2 fully saturated rings. The van der Waals surface area contributed by atoms with E-state index in [9.17, 15) is 4.79 Å². The highest BCUT2D eigenvalue weighted by Crippen LogP contribution is 2.51. The summed E-state index contributed by atoms with van der Waals surface area (Å²) in [6, 6.07) is 8.22. The molecule has 0 spiro atoms. The topological polar surface area (TPSA) is 75.0 Å². The van der Waals surface area contributed by atoms with E-state index in [4.69, 9.17) is 9.73 Å². The van der Waals surface area contributed by atoms with Gasteiger partial charge in [0.2, 0.25) is 5.91 Å². The van der Waals surface area contributed by atoms with Gasteiger partial charge in [0.15, 0.2) is 5.96 Å². The molecule has 2 aromatic rings. The van der Waals surface area contributed by atoms with Crippen LogP contribution < -0.4 is 15.0 Å². The second-order valence-corrected chi connectivity index (χ2v) is 7.99. The number of nitrogens with zero attached hydrogens (tertiary/aromatic N) is 5. The van der Waals surface area contributed by atoms with Gasteiger partial charge in [0.25, 0.3) is 0 Å². The van der Waals surface area contributed by atoms with Gasteiger partial charge in [-0.25, -0.2) is 0 Å². The molecule has 0 bridgehead atoms. The number of hydrogen-bond donors (Lipinski definition) is 1. The highest BCUT2D eigenvalue weighted by atomic mass is 127. The quantitative estimate of drug-likeness (QED) is 0.348. The van der Waals surface area contributed by atoms with Crippen molar-refractivity contribution >= 4 is 41.5 Å². The molecule has 31 heavy (non-hydrogen) atoms. The fraction of sp³-hybridized carbons (Fsp3) is 0.500. The van der Waals surface area contributed by atoms with E-state index in [0.29, 0.717) is 19.6 Å². The number of carbonyl (C=O) groups excluding carboxylic acids is 1. The lowest BCUT2D eigenvalue weighted by molar-refractivity contribution is -0.120. The van der Waals surface area contributed by atoms with E-state index < -0.39 is 0 Å². The molecule has 1 aromatic heterocycles. The summed E-state index contributed by atoms with van der Waals surface area (Å²) in [4.78, 5) is 21.6. The Morgan fingerprint density at radius 2 is 2.06 bits per heavy atom. The van der Waals surface area contributed by atoms with Crippen molar-refractivity contribution in [2.45, 2.75) is 25.2 Å². The largest absolute Gasteiger partial charge is 0.496 e. The third-order valence-corrected chi connectivity index (χ3v) is 5.92. The molecule has 0 radical (unpaired) electrons. The number of carbonyl (C=O) groups is 1. The van der Waals surface area contributed by atoms with Crippen LogP contribution in [-0.2, 0) is 17.3 Å². The SMILES string of the molecule is CCNC(=NCC1(c2ccccc2OC)CC1)N1CCN(c2cnn(C)c2)C(=O)C1.I. The van der Waals surface area contributed by atoms with Gasteiger partial charge in [-0.2, -0.15) is 5.10 Å². The number of hydrogen-bond acceptors (Lipinski definition) is 4. The number of nitrogens with one attached hydrogen (secondary N) is 1. The zero-order valence-corrected chi connectivity index (χ0v) is 20.7. The second-order valence-electron chi connectivity index (χ2n) is 7.99. The van der Waals surface area contributed by atoms with E-state index in [2.05, 4.69) is 34.4 Å². The highest BCUT2D eigenvalue weighted by molar-refractivity contribution is 14.0. The van der Waals surface area contributed by atoms with Crippen molar-refractivity contribution in [3.8, 4) is 5.75 Å². The van der Waals surface area contributed by atoms with E-state index in [0.717, 1.165) is 43.3 Å². The smallest absolute Gasteiger partial charge is 0.246 e. The number of halogens is 1. The molecule has 1 aromatic carbocycles. The van der Waals surface area contributed by atoms with Crippen molar-refractivity contribution in [2.24, 2.45) is 12.0 Å². The molecule has 2 heterocycles. The summed E-state index contributed by atoms with van der Waals surface area (Å²) >= 11 is 0. The normalized spacial score (nSPS) is 17.9. The van der Waals surface area contributed by atoms with Crippen LogP contribution in [-0.4, -0.2) is 66.4 Å². The number of ether oxygens (including phenoxy) is 1. The van der Waals surface area contributed by atoms with Crippen LogP contribution in [0.5, 0.6) is 5.75 Å². The number of rotatable bonds is 6. The van der Waals surface area contributed by atoms with Crippen molar-refractivity contribution in [3.63, 3.8) is 0 Å². The van der Waals surface area contributed by atoms with Crippen LogP contribution in [0.15, 0.2) is 41.7 Å². The number of anilines is 1. The zero-order valence-electron chi connectivity index (χ0n) is 18.4. The molecule has 0 unspecified atom stereocenters. The summed E-state index contributed by atoms with van der Waals surface area (Å²) in [5.41, 5.74) is 2.11. The Kier molecular flexibility index (Phi) is 7.45. The van der Waals surface area contributed by atoms with Crippen LogP contribution in [0.2, 0.25) is 0 Å². The molecule has 168 valence electrons. The maximum Gasteiger partial charge on any atom is 0.246 e. The lowest BCUT2D eigenvalue weighted by Gasteiger charge is -2.35. The van der Waals surface area contributed by atoms with Gasteiger partial charge >= 0.3 is 0 Å². The van der Waals surface area contributed by atoms with Crippen molar-refractivity contribution < 1.29 is 9.53 Å². The van der Waals surface area contributed by atoms with Crippen LogP contribution >= 0.6 is 24.0 Å². The molecular formula is C22H31IN6O2. The van der Waals surface area contributed by atoms with E-state index in [1.807, 2.05) is 25.4 Å². The second kappa shape index (κ2) is 9.88. The van der Waals surface area contributed by atoms with Gasteiger partial charge in [-0.05, 0) is 25.8 Å². The van der Waals surface area contributed by atoms with Crippen molar-refractivity contribution in [1.82, 2.24) is 20.0 Å². The summed E-state index contributed by atoms with van der Waals surface area (Å²) in [5.74, 6) is 1.79. The monoisotopic (exact) mass is 538 g/mol. The van der Waals surface area contributed by atoms with Crippen LogP contribution in [0.1, 0.15) is 25.3 Å². The predicted molar refractivity (Wildman–Crippen MR) is 132 cm³/mol. The number of guanidine groups is 1. The standard InChI is InChI=1S/C22H30N6O2.HI/c1-4-23-21(24-16-22(9-10-22)18-7-5-6-8-19(18)30-3)27-11-12-28(20(29)15-27)17-13-25-26(2)14-17;/h5-8,13-14H,4,9-12,15-16H2,1-3H3,(H,23,24);1H. The Morgan fingerprint density at radius 3 is 2.68 bits per heavy atom. The van der Waals surface area contributed by atoms with Gasteiger partial charge < -0.3 is 19.9 Å². The number of amides is 1. The fourth-order valence-electron chi connectivity index (χ4n) is 4.07. The first kappa shape index (κ1) is 23.4. The minimum absolute atomic E-state index is 0. The minimum Gasteiger partial charge on any atom is -0.496 e. The van der Waals surface area contributed by atoms with Crippen LogP contribution in [0.4, 0.5) is 5.69 Å². The molecule has 1 saturated carbocycles. The summed E-state index contributed by atoms with van der Waals surface area (Å²) in [6.45, 7) is 5.16. The molecule has 8 nitrogen and oxygen atoms in total. The summed E-state index contributed by atoms with van der Waals surface area (Å²) < 4.78 is 7.30. The predicted octanol–water partition coefficient (Wildman–Crippen LogP) is 2.39. The molecule has 1 N–H and O–H groups in total. The molecule has 1 aliphatic heterocycles. The number of aryl methyl sites for hydroxylation is 1. The molecule has 4 rings (SSSR count). The highest BCUT2D eigenvalue weighted by Gasteiger charge is 2.46. The van der Waals surface area contributed by atoms with Gasteiger partial charge in [-0.1, -0.05) is 18.2 Å². The number of aliphatic imine (C=N–C) groups is 1. The number of aromatic nitrogens is 2. The Morgan fingerprint density at radius 1 is 1.29 bits per heavy atom. The van der Waals surface area contributed by atoms with Gasteiger partial charge in [0.05, 0.1) is 25.5 Å². The number of methoxy groups -OCH3 is 1. The van der Waals surface area contributed by atoms with E-state index in [1.165, 1.54) is 5.56 Å². The molecular weight excluding hydrogens is 507 g/mol. The lowest BCUT2D eigenvalue weighted by Crippen LogP contribution is -2.55. The molecule has 9 heteroatoms. The average molecular weight is 538 g/mol. The first-order valence-corrected chi connectivity index (χ1v) is 10.5. The maximum atomic E-state index is 12.8. The third kappa shape index (κ3) is 4.97. The Balaban J connectivity index is 0.00000272. The maximum absolute atomic E-state index is 12.8. The molecule has 1 amide bonds. The average Bonchev–Trinajstić information content (AvgIpc) is 3.43. The first-order chi connectivity index (χ1) is 14.6. The fourth-order valence-corrected chi connectivity index (χ4v) is 4.07. The van der Waals surface area contributed by atoms with Gasteiger partial charge in [-0.15, -0.1) is 24.0 Å². The zero-order chi connectivity index (χ0) is 21.1. The Bertz CT molecular complexity index is 940. The van der Waals surface area contributed by atoms with Gasteiger partial charge in [-0.3, -0.25) is 14.5 Å². The van der Waals surface area contributed by atoms with Crippen molar-refractivity contribution in [1.29, 1.82) is 0 Å². The first-order valence-electron chi connectivity index (χ1n) is 10.5. The Hall–Kier alpha value is -2.30. The van der Waals surface area contributed by atoms with E-state index >= 15 is 0 Å². The summed E-state index contributed by atoms with van der Waals surface area (Å²) in [6.07, 6.45) is 5.81. The third-order valence-electron chi connectivity index (χ3n) is 5.92. The molecule has 1 aliphatic carbocycles. The molecule has 2 aliphatic rings. The van der Waals surface area contributed by atoms with Crippen molar-refractivity contribution in [2.75, 3.05) is 44.7 Å². The van der Waals surface area contributed by atoms with Gasteiger partial charge in [0, 0.05) is 43.9 Å². The van der Waals surface area contributed by atoms with Crippen LogP contribution in [0, 0.1) is 0 Å². The number of piperazine rings is 1. The summed E-state index contributed by atoms with van der Waals surface area (Å²) in [7, 11) is 3.57. The minimum atomic E-state index is 0. The van der Waals surface area contributed by atoms with Crippen LogP contribution in [0.3, 0.4) is 0 Å². The van der Waals surface area contributed by atoms with Gasteiger partial charge in [0.1, 0.15) is 12.3 Å². The molecule has 0 atom stereocenters. The van der Waals surface area contributed by atoms with E-state index in [-0.39, 0.29) is 35.3 Å². The Labute approximate surface area is 200 Å². The number of para-hydroxylation sites is 1. The lowest BCUT2D eigenvalue weighted by atomic mass is 9.95. The van der Waals surface area contributed by atoms with Crippen molar-refractivity contribution in [3.05, 3.63) is 42.2 Å². The van der Waals surface area contributed by atoms with E-state index in [1.54, 1.807) is 22.9 Å². The molecule has 1 saturated heterocycles. The summed E-state index contributed by atoms with van der Waals surface area (Å²) in [5, 5.41) is 7.55. The number of benzene rings is 1.